The predicted octanol–water partition coefficient (Wildman–Crippen LogP) is -0.758. The molecule has 14 heavy (non-hydrogen) atoms. The number of aliphatic hydroxyl groups excluding tert-OH is 3. The van der Waals surface area contributed by atoms with Crippen LogP contribution in [0.3, 0.4) is 0 Å². The second kappa shape index (κ2) is 4.55. The molecule has 1 heterocycles. The lowest BCUT2D eigenvalue weighted by Gasteiger charge is -2.20. The molecular weight excluding hydrogens is 188 g/mol. The molecule has 84 valence electrons. The topological polar surface area (TPSA) is 79.2 Å². The molecule has 0 aliphatic carbocycles. The molecule has 3 atom stereocenters. The number of hydrogen-bond acceptors (Lipinski definition) is 5. The first-order valence-corrected chi connectivity index (χ1v) is 4.75. The van der Waals surface area contributed by atoms with Gasteiger partial charge < -0.3 is 24.8 Å². The number of hydrogen-bond donors (Lipinski definition) is 3. The van der Waals surface area contributed by atoms with Gasteiger partial charge in [0.25, 0.3) is 0 Å². The van der Waals surface area contributed by atoms with Gasteiger partial charge in [0.1, 0.15) is 12.2 Å². The van der Waals surface area contributed by atoms with Gasteiger partial charge in [0.05, 0.1) is 12.7 Å². The molecule has 3 N–H and O–H groups in total. The van der Waals surface area contributed by atoms with Crippen LogP contribution in [0.15, 0.2) is 0 Å². The van der Waals surface area contributed by atoms with Crippen LogP contribution in [0, 0.1) is 0 Å². The highest BCUT2D eigenvalue weighted by Crippen LogP contribution is 2.31. The normalized spacial score (nSPS) is 33.2. The van der Waals surface area contributed by atoms with Crippen molar-refractivity contribution in [2.45, 2.75) is 44.4 Å². The summed E-state index contributed by atoms with van der Waals surface area (Å²) in [5, 5.41) is 27.0. The predicted molar refractivity (Wildman–Crippen MR) is 48.6 cm³/mol. The second-order valence-electron chi connectivity index (χ2n) is 3.90. The van der Waals surface area contributed by atoms with Crippen LogP contribution in [-0.2, 0) is 9.47 Å². The Bertz CT molecular complexity index is 182. The minimum Gasteiger partial charge on any atom is -0.396 e. The van der Waals surface area contributed by atoms with E-state index in [1.54, 1.807) is 13.8 Å². The third kappa shape index (κ3) is 2.65. The van der Waals surface area contributed by atoms with Gasteiger partial charge in [0, 0.05) is 6.61 Å². The van der Waals surface area contributed by atoms with Crippen molar-refractivity contribution in [2.24, 2.45) is 0 Å². The Hall–Kier alpha value is -0.200. The Morgan fingerprint density at radius 3 is 2.43 bits per heavy atom. The van der Waals surface area contributed by atoms with E-state index in [9.17, 15) is 5.11 Å². The highest BCUT2D eigenvalue weighted by molar-refractivity contribution is 4.85. The standard InChI is InChI=1S/C9H18O5/c1-9(2)13-7(3-4-10)8(14-9)6(12)5-11/h6-8,10-12H,3-5H2,1-2H3. The molecular formula is C9H18O5. The van der Waals surface area contributed by atoms with Crippen molar-refractivity contribution >= 4 is 0 Å². The second-order valence-corrected chi connectivity index (χ2v) is 3.90. The van der Waals surface area contributed by atoms with E-state index in [1.165, 1.54) is 0 Å². The van der Waals surface area contributed by atoms with Crippen LogP contribution in [0.2, 0.25) is 0 Å². The maximum absolute atomic E-state index is 9.45. The first kappa shape index (κ1) is 11.9. The summed E-state index contributed by atoms with van der Waals surface area (Å²) >= 11 is 0. The SMILES string of the molecule is CC1(C)OC(CCO)C(C(O)CO)O1. The van der Waals surface area contributed by atoms with Crippen molar-refractivity contribution in [3.63, 3.8) is 0 Å². The van der Waals surface area contributed by atoms with E-state index in [0.717, 1.165) is 0 Å². The van der Waals surface area contributed by atoms with E-state index < -0.39 is 18.0 Å². The van der Waals surface area contributed by atoms with Gasteiger partial charge in [-0.1, -0.05) is 0 Å². The molecule has 0 amide bonds. The lowest BCUT2D eigenvalue weighted by Crippen LogP contribution is -2.38. The van der Waals surface area contributed by atoms with Gasteiger partial charge in [0.15, 0.2) is 5.79 Å². The van der Waals surface area contributed by atoms with Gasteiger partial charge in [0.2, 0.25) is 0 Å². The Morgan fingerprint density at radius 1 is 1.29 bits per heavy atom. The summed E-state index contributed by atoms with van der Waals surface area (Å²) < 4.78 is 10.9. The van der Waals surface area contributed by atoms with Gasteiger partial charge in [-0.15, -0.1) is 0 Å². The number of ether oxygens (including phenoxy) is 2. The van der Waals surface area contributed by atoms with Crippen LogP contribution < -0.4 is 0 Å². The summed E-state index contributed by atoms with van der Waals surface area (Å²) in [6, 6.07) is 0. The van der Waals surface area contributed by atoms with E-state index in [0.29, 0.717) is 6.42 Å². The molecule has 0 bridgehead atoms. The van der Waals surface area contributed by atoms with Crippen molar-refractivity contribution in [3.05, 3.63) is 0 Å². The van der Waals surface area contributed by atoms with Crippen molar-refractivity contribution < 1.29 is 24.8 Å². The van der Waals surface area contributed by atoms with E-state index in [4.69, 9.17) is 19.7 Å². The number of aliphatic hydroxyl groups is 3. The minimum absolute atomic E-state index is 0.0290. The van der Waals surface area contributed by atoms with Crippen LogP contribution in [0.5, 0.6) is 0 Å². The van der Waals surface area contributed by atoms with Crippen molar-refractivity contribution in [3.8, 4) is 0 Å². The van der Waals surface area contributed by atoms with Crippen LogP contribution >= 0.6 is 0 Å². The maximum Gasteiger partial charge on any atom is 0.163 e. The molecule has 5 nitrogen and oxygen atoms in total. The quantitative estimate of drug-likeness (QED) is 0.563. The molecule has 1 aliphatic rings. The molecule has 1 aliphatic heterocycles. The molecule has 0 radical (unpaired) electrons. The summed E-state index contributed by atoms with van der Waals surface area (Å²) in [7, 11) is 0. The molecule has 0 aromatic rings. The molecule has 3 unspecified atom stereocenters. The molecule has 0 spiro atoms. The zero-order valence-corrected chi connectivity index (χ0v) is 8.51. The van der Waals surface area contributed by atoms with Crippen molar-refractivity contribution in [1.82, 2.24) is 0 Å². The molecule has 1 rings (SSSR count). The molecule has 1 fully saturated rings. The highest BCUT2D eigenvalue weighted by atomic mass is 16.8. The fraction of sp³-hybridized carbons (Fsp3) is 1.00. The first-order chi connectivity index (χ1) is 6.50. The lowest BCUT2D eigenvalue weighted by molar-refractivity contribution is -0.157. The van der Waals surface area contributed by atoms with Crippen LogP contribution in [-0.4, -0.2) is 52.6 Å². The fourth-order valence-corrected chi connectivity index (χ4v) is 1.64. The van der Waals surface area contributed by atoms with Gasteiger partial charge in [-0.2, -0.15) is 0 Å². The van der Waals surface area contributed by atoms with E-state index in [1.807, 2.05) is 0 Å². The highest BCUT2D eigenvalue weighted by Gasteiger charge is 2.43. The van der Waals surface area contributed by atoms with E-state index in [2.05, 4.69) is 0 Å². The number of rotatable bonds is 4. The van der Waals surface area contributed by atoms with E-state index >= 15 is 0 Å². The van der Waals surface area contributed by atoms with Gasteiger partial charge in [-0.3, -0.25) is 0 Å². The third-order valence-electron chi connectivity index (χ3n) is 2.20. The lowest BCUT2D eigenvalue weighted by atomic mass is 10.1. The Balaban J connectivity index is 2.62. The van der Waals surface area contributed by atoms with Gasteiger partial charge in [-0.05, 0) is 20.3 Å². The first-order valence-electron chi connectivity index (χ1n) is 4.75. The zero-order valence-electron chi connectivity index (χ0n) is 8.51. The fourth-order valence-electron chi connectivity index (χ4n) is 1.64. The summed E-state index contributed by atoms with van der Waals surface area (Å²) in [6.07, 6.45) is -1.50. The van der Waals surface area contributed by atoms with Crippen LogP contribution in [0.25, 0.3) is 0 Å². The van der Waals surface area contributed by atoms with Crippen molar-refractivity contribution in [1.29, 1.82) is 0 Å². The Kier molecular flexibility index (Phi) is 3.86. The smallest absolute Gasteiger partial charge is 0.163 e. The van der Waals surface area contributed by atoms with Gasteiger partial charge in [-0.25, -0.2) is 0 Å². The summed E-state index contributed by atoms with van der Waals surface area (Å²) in [4.78, 5) is 0. The average Bonchev–Trinajstić information content (AvgIpc) is 2.41. The van der Waals surface area contributed by atoms with E-state index in [-0.39, 0.29) is 19.3 Å². The Labute approximate surface area is 83.3 Å². The molecule has 1 saturated heterocycles. The molecule has 0 saturated carbocycles. The summed E-state index contributed by atoms with van der Waals surface area (Å²) in [5.41, 5.74) is 0. The summed E-state index contributed by atoms with van der Waals surface area (Å²) in [6.45, 7) is 3.08. The maximum atomic E-state index is 9.45. The third-order valence-corrected chi connectivity index (χ3v) is 2.20. The van der Waals surface area contributed by atoms with Crippen molar-refractivity contribution in [2.75, 3.05) is 13.2 Å². The molecule has 0 aromatic heterocycles. The van der Waals surface area contributed by atoms with Gasteiger partial charge >= 0.3 is 0 Å². The van der Waals surface area contributed by atoms with Crippen LogP contribution in [0.4, 0.5) is 0 Å². The van der Waals surface area contributed by atoms with Crippen LogP contribution in [0.1, 0.15) is 20.3 Å². The molecule has 0 aromatic carbocycles. The summed E-state index contributed by atoms with van der Waals surface area (Å²) in [5.74, 6) is -0.763. The minimum atomic E-state index is -0.965. The Morgan fingerprint density at radius 2 is 1.93 bits per heavy atom. The average molecular weight is 206 g/mol. The largest absolute Gasteiger partial charge is 0.396 e. The molecule has 5 heteroatoms. The monoisotopic (exact) mass is 206 g/mol. The zero-order chi connectivity index (χ0) is 10.8.